The molecule has 2 rings (SSSR count). The van der Waals surface area contributed by atoms with Crippen LogP contribution >= 0.6 is 0 Å². The summed E-state index contributed by atoms with van der Waals surface area (Å²) in [7, 11) is 0. The van der Waals surface area contributed by atoms with Gasteiger partial charge in [0.2, 0.25) is 0 Å². The van der Waals surface area contributed by atoms with E-state index in [9.17, 15) is 0 Å². The van der Waals surface area contributed by atoms with E-state index in [0.717, 1.165) is 25.9 Å². The van der Waals surface area contributed by atoms with E-state index < -0.39 is 0 Å². The predicted molar refractivity (Wildman–Crippen MR) is 54.7 cm³/mol. The normalized spacial score (nSPS) is 20.2. The second-order valence-electron chi connectivity index (χ2n) is 3.79. The first-order valence-electron chi connectivity index (χ1n) is 5.14. The zero-order valence-electron chi connectivity index (χ0n) is 8.19. The fourth-order valence-electron chi connectivity index (χ4n) is 2.11. The lowest BCUT2D eigenvalue weighted by Gasteiger charge is -2.27. The Balaban J connectivity index is 2.09. The second-order valence-corrected chi connectivity index (χ2v) is 3.79. The average molecular weight is 189 g/mol. The van der Waals surface area contributed by atoms with Gasteiger partial charge in [-0.15, -0.1) is 0 Å². The molecular weight excluding hydrogens is 174 g/mol. The van der Waals surface area contributed by atoms with Crippen LogP contribution in [0.3, 0.4) is 0 Å². The minimum atomic E-state index is 0.0205. The van der Waals surface area contributed by atoms with Crippen molar-refractivity contribution in [1.82, 2.24) is 9.88 Å². The van der Waals surface area contributed by atoms with Crippen LogP contribution in [0.15, 0.2) is 24.5 Å². The first-order chi connectivity index (χ1) is 6.92. The van der Waals surface area contributed by atoms with Gasteiger partial charge in [-0.3, -0.25) is 0 Å². The molecule has 0 radical (unpaired) electrons. The van der Waals surface area contributed by atoms with Crippen LogP contribution in [0.5, 0.6) is 0 Å². The minimum Gasteiger partial charge on any atom is -0.338 e. The molecule has 1 aromatic rings. The Labute approximate surface area is 84.3 Å². The number of piperidine rings is 1. The van der Waals surface area contributed by atoms with E-state index >= 15 is 0 Å². The second kappa shape index (κ2) is 4.30. The molecule has 0 saturated carbocycles. The molecular formula is C11H15N3. The summed E-state index contributed by atoms with van der Waals surface area (Å²) in [6.45, 7) is 2.09. The Morgan fingerprint density at radius 1 is 1.29 bits per heavy atom. The molecule has 1 saturated heterocycles. The highest BCUT2D eigenvalue weighted by molar-refractivity contribution is 5.02. The molecule has 1 fully saturated rings. The van der Waals surface area contributed by atoms with Gasteiger partial charge in [0.25, 0.3) is 0 Å². The van der Waals surface area contributed by atoms with Crippen LogP contribution < -0.4 is 5.32 Å². The number of nitrogens with zero attached hydrogens (tertiary/aromatic N) is 2. The van der Waals surface area contributed by atoms with Crippen molar-refractivity contribution >= 4 is 0 Å². The van der Waals surface area contributed by atoms with Crippen molar-refractivity contribution < 1.29 is 0 Å². The molecule has 0 amide bonds. The third kappa shape index (κ3) is 1.80. The van der Waals surface area contributed by atoms with Gasteiger partial charge in [0.15, 0.2) is 0 Å². The molecule has 0 spiro atoms. The molecule has 0 bridgehead atoms. The van der Waals surface area contributed by atoms with Crippen molar-refractivity contribution in [3.63, 3.8) is 0 Å². The Morgan fingerprint density at radius 3 is 2.50 bits per heavy atom. The number of hydrogen-bond acceptors (Lipinski definition) is 2. The van der Waals surface area contributed by atoms with Gasteiger partial charge < -0.3 is 9.88 Å². The molecule has 14 heavy (non-hydrogen) atoms. The summed E-state index contributed by atoms with van der Waals surface area (Å²) in [4.78, 5) is 0. The summed E-state index contributed by atoms with van der Waals surface area (Å²) in [5, 5.41) is 12.5. The zero-order chi connectivity index (χ0) is 9.80. The lowest BCUT2D eigenvalue weighted by Crippen LogP contribution is -2.32. The molecule has 1 aromatic heterocycles. The fraction of sp³-hybridized carbons (Fsp3) is 0.545. The molecule has 1 unspecified atom stereocenters. The Bertz CT molecular complexity index is 304. The summed E-state index contributed by atoms with van der Waals surface area (Å²) in [6.07, 6.45) is 6.18. The average Bonchev–Trinajstić information content (AvgIpc) is 2.74. The number of aromatic nitrogens is 1. The largest absolute Gasteiger partial charge is 0.338 e. The molecule has 1 aliphatic heterocycles. The maximum Gasteiger partial charge on any atom is 0.123 e. The lowest BCUT2D eigenvalue weighted by atomic mass is 9.91. The maximum absolute atomic E-state index is 9.16. The first kappa shape index (κ1) is 9.29. The molecule has 0 aliphatic carbocycles. The van der Waals surface area contributed by atoms with Crippen LogP contribution in [0.4, 0.5) is 0 Å². The van der Waals surface area contributed by atoms with Crippen LogP contribution in [0.2, 0.25) is 0 Å². The van der Waals surface area contributed by atoms with Crippen LogP contribution in [0.1, 0.15) is 18.9 Å². The molecule has 1 atom stereocenters. The minimum absolute atomic E-state index is 0.0205. The van der Waals surface area contributed by atoms with Gasteiger partial charge in [0.05, 0.1) is 6.07 Å². The van der Waals surface area contributed by atoms with Crippen molar-refractivity contribution in [3.05, 3.63) is 24.5 Å². The Kier molecular flexibility index (Phi) is 2.85. The van der Waals surface area contributed by atoms with E-state index in [-0.39, 0.29) is 6.04 Å². The molecule has 3 nitrogen and oxygen atoms in total. The van der Waals surface area contributed by atoms with Gasteiger partial charge in [-0.2, -0.15) is 5.26 Å². The smallest absolute Gasteiger partial charge is 0.123 e. The number of rotatable bonds is 2. The van der Waals surface area contributed by atoms with E-state index in [4.69, 9.17) is 5.26 Å². The molecule has 2 heterocycles. The van der Waals surface area contributed by atoms with Gasteiger partial charge in [0, 0.05) is 12.4 Å². The van der Waals surface area contributed by atoms with E-state index in [2.05, 4.69) is 11.4 Å². The zero-order valence-corrected chi connectivity index (χ0v) is 8.19. The van der Waals surface area contributed by atoms with Crippen molar-refractivity contribution in [2.75, 3.05) is 13.1 Å². The van der Waals surface area contributed by atoms with Crippen molar-refractivity contribution in [1.29, 1.82) is 5.26 Å². The summed E-state index contributed by atoms with van der Waals surface area (Å²) in [5.74, 6) is 0.508. The quantitative estimate of drug-likeness (QED) is 0.767. The van der Waals surface area contributed by atoms with Gasteiger partial charge in [-0.1, -0.05) is 0 Å². The number of nitrogens with one attached hydrogen (secondary N) is 1. The standard InChI is InChI=1S/C11H15N3/c12-9-11(14-7-1-2-8-14)10-3-5-13-6-4-10/h1-2,7-8,10-11,13H,3-6H2. The van der Waals surface area contributed by atoms with Crippen molar-refractivity contribution in [3.8, 4) is 6.07 Å². The summed E-state index contributed by atoms with van der Waals surface area (Å²) in [6, 6.07) is 6.39. The molecule has 3 heteroatoms. The molecule has 74 valence electrons. The van der Waals surface area contributed by atoms with Crippen LogP contribution in [0.25, 0.3) is 0 Å². The Morgan fingerprint density at radius 2 is 1.93 bits per heavy atom. The first-order valence-corrected chi connectivity index (χ1v) is 5.14. The molecule has 1 N–H and O–H groups in total. The van der Waals surface area contributed by atoms with Gasteiger partial charge in [-0.25, -0.2) is 0 Å². The van der Waals surface area contributed by atoms with Crippen LogP contribution in [0, 0.1) is 17.2 Å². The monoisotopic (exact) mass is 189 g/mol. The topological polar surface area (TPSA) is 40.8 Å². The molecule has 1 aliphatic rings. The van der Waals surface area contributed by atoms with E-state index in [1.165, 1.54) is 0 Å². The van der Waals surface area contributed by atoms with Crippen molar-refractivity contribution in [2.24, 2.45) is 5.92 Å². The lowest BCUT2D eigenvalue weighted by molar-refractivity contribution is 0.303. The van der Waals surface area contributed by atoms with Crippen LogP contribution in [-0.4, -0.2) is 17.7 Å². The maximum atomic E-state index is 9.16. The van der Waals surface area contributed by atoms with Gasteiger partial charge in [-0.05, 0) is 44.0 Å². The van der Waals surface area contributed by atoms with E-state index in [1.54, 1.807) is 0 Å². The highest BCUT2D eigenvalue weighted by Crippen LogP contribution is 2.25. The number of hydrogen-bond donors (Lipinski definition) is 1. The Hall–Kier alpha value is -1.27. The summed E-state index contributed by atoms with van der Waals surface area (Å²) in [5.41, 5.74) is 0. The van der Waals surface area contributed by atoms with Gasteiger partial charge in [0.1, 0.15) is 6.04 Å². The summed E-state index contributed by atoms with van der Waals surface area (Å²) < 4.78 is 2.02. The highest BCUT2D eigenvalue weighted by atomic mass is 15.0. The number of nitriles is 1. The SMILES string of the molecule is N#CC(C1CCNCC1)n1cccc1. The van der Waals surface area contributed by atoms with Crippen LogP contribution in [-0.2, 0) is 0 Å². The van der Waals surface area contributed by atoms with Gasteiger partial charge >= 0.3 is 0 Å². The van der Waals surface area contributed by atoms with Crippen molar-refractivity contribution in [2.45, 2.75) is 18.9 Å². The highest BCUT2D eigenvalue weighted by Gasteiger charge is 2.23. The summed E-state index contributed by atoms with van der Waals surface area (Å²) >= 11 is 0. The van der Waals surface area contributed by atoms with E-state index in [1.807, 2.05) is 29.1 Å². The van der Waals surface area contributed by atoms with E-state index in [0.29, 0.717) is 5.92 Å². The third-order valence-corrected chi connectivity index (χ3v) is 2.91. The predicted octanol–water partition coefficient (Wildman–Crippen LogP) is 1.55. The fourth-order valence-corrected chi connectivity index (χ4v) is 2.11. The molecule has 0 aromatic carbocycles. The third-order valence-electron chi connectivity index (χ3n) is 2.91.